The van der Waals surface area contributed by atoms with Crippen LogP contribution in [0.4, 0.5) is 16.3 Å². The summed E-state index contributed by atoms with van der Waals surface area (Å²) in [6, 6.07) is 19.4. The quantitative estimate of drug-likeness (QED) is 0.523. The number of carbonyl (C=O) groups is 1. The van der Waals surface area contributed by atoms with Gasteiger partial charge < -0.3 is 5.32 Å². The topological polar surface area (TPSA) is 92.9 Å². The van der Waals surface area contributed by atoms with Crippen molar-refractivity contribution in [3.63, 3.8) is 0 Å². The summed E-state index contributed by atoms with van der Waals surface area (Å²) in [5.74, 6) is 0.549. The van der Waals surface area contributed by atoms with Crippen LogP contribution in [0.5, 0.6) is 0 Å². The second-order valence-corrected chi connectivity index (χ2v) is 7.41. The van der Waals surface area contributed by atoms with Crippen LogP contribution in [-0.2, 0) is 19.6 Å². The Morgan fingerprint density at radius 2 is 1.84 bits per heavy atom. The fourth-order valence-corrected chi connectivity index (χ4v) is 3.68. The first-order chi connectivity index (χ1) is 15.2. The lowest BCUT2D eigenvalue weighted by Gasteiger charge is -2.27. The second-order valence-electron chi connectivity index (χ2n) is 7.41. The maximum atomic E-state index is 12.4. The lowest BCUT2D eigenvalue weighted by atomic mass is 10.2. The Balaban J connectivity index is 1.18. The highest BCUT2D eigenvalue weighted by Gasteiger charge is 2.19. The number of urea groups is 1. The summed E-state index contributed by atoms with van der Waals surface area (Å²) in [6.07, 6.45) is 3.38. The van der Waals surface area contributed by atoms with Gasteiger partial charge in [-0.15, -0.1) is 5.10 Å². The zero-order valence-corrected chi connectivity index (χ0v) is 16.8. The van der Waals surface area contributed by atoms with Gasteiger partial charge in [0.05, 0.1) is 30.3 Å². The molecule has 0 radical (unpaired) electrons. The first kappa shape index (κ1) is 19.0. The molecule has 0 bridgehead atoms. The molecule has 0 saturated carbocycles. The third kappa shape index (κ3) is 4.46. The number of benzene rings is 2. The maximum Gasteiger partial charge on any atom is 0.324 e. The van der Waals surface area contributed by atoms with Crippen molar-refractivity contribution in [2.75, 3.05) is 17.2 Å². The minimum absolute atomic E-state index is 0.329. The number of nitrogens with one attached hydrogen (secondary N) is 2. The highest BCUT2D eigenvalue weighted by atomic mass is 16.2. The Labute approximate surface area is 179 Å². The first-order valence-electron chi connectivity index (χ1n) is 10.1. The molecule has 2 amide bonds. The van der Waals surface area contributed by atoms with Gasteiger partial charge in [-0.2, -0.15) is 5.10 Å². The SMILES string of the molecule is O=C(Nc1ccc(-n2ccnn2)cc1)Nc1cc2n(n1)CCN(Cc1ccccc1)C2. The Morgan fingerprint density at radius 1 is 1.00 bits per heavy atom. The number of hydrogen-bond donors (Lipinski definition) is 2. The van der Waals surface area contributed by atoms with E-state index >= 15 is 0 Å². The van der Waals surface area contributed by atoms with Crippen molar-refractivity contribution in [1.29, 1.82) is 0 Å². The van der Waals surface area contributed by atoms with E-state index in [1.54, 1.807) is 17.1 Å². The van der Waals surface area contributed by atoms with Crippen molar-refractivity contribution in [3.8, 4) is 5.69 Å². The largest absolute Gasteiger partial charge is 0.324 e. The number of rotatable bonds is 5. The normalized spacial score (nSPS) is 13.5. The smallest absolute Gasteiger partial charge is 0.308 e. The summed E-state index contributed by atoms with van der Waals surface area (Å²) in [5, 5.41) is 17.9. The number of aromatic nitrogens is 5. The van der Waals surface area contributed by atoms with Gasteiger partial charge in [0.2, 0.25) is 0 Å². The molecule has 0 aliphatic carbocycles. The van der Waals surface area contributed by atoms with Crippen LogP contribution in [0.3, 0.4) is 0 Å². The predicted molar refractivity (Wildman–Crippen MR) is 117 cm³/mol. The maximum absolute atomic E-state index is 12.4. The number of carbonyl (C=O) groups excluding carboxylic acids is 1. The van der Waals surface area contributed by atoms with Crippen LogP contribution in [0.2, 0.25) is 0 Å². The monoisotopic (exact) mass is 414 g/mol. The van der Waals surface area contributed by atoms with Gasteiger partial charge in [-0.25, -0.2) is 9.48 Å². The zero-order chi connectivity index (χ0) is 21.0. The summed E-state index contributed by atoms with van der Waals surface area (Å²) in [4.78, 5) is 14.8. The van der Waals surface area contributed by atoms with Crippen LogP contribution in [0.25, 0.3) is 5.69 Å². The molecule has 3 heterocycles. The molecule has 5 rings (SSSR count). The number of nitrogens with zero attached hydrogens (tertiary/aromatic N) is 6. The van der Waals surface area contributed by atoms with Crippen molar-refractivity contribution in [1.82, 2.24) is 29.7 Å². The summed E-state index contributed by atoms with van der Waals surface area (Å²) in [5.41, 5.74) is 3.93. The Morgan fingerprint density at radius 3 is 2.61 bits per heavy atom. The van der Waals surface area contributed by atoms with E-state index in [-0.39, 0.29) is 6.03 Å². The highest BCUT2D eigenvalue weighted by molar-refractivity contribution is 5.99. The van der Waals surface area contributed by atoms with Crippen molar-refractivity contribution in [2.45, 2.75) is 19.6 Å². The minimum atomic E-state index is -0.329. The summed E-state index contributed by atoms with van der Waals surface area (Å²) in [7, 11) is 0. The third-order valence-corrected chi connectivity index (χ3v) is 5.18. The van der Waals surface area contributed by atoms with E-state index in [4.69, 9.17) is 0 Å². The minimum Gasteiger partial charge on any atom is -0.308 e. The number of anilines is 2. The van der Waals surface area contributed by atoms with Gasteiger partial charge in [0.15, 0.2) is 5.82 Å². The Hall–Kier alpha value is -3.98. The molecule has 0 unspecified atom stereocenters. The Kier molecular flexibility index (Phi) is 5.16. The molecule has 0 fully saturated rings. The molecule has 0 atom stereocenters. The van der Waals surface area contributed by atoms with Crippen LogP contribution in [0, 0.1) is 0 Å². The van der Waals surface area contributed by atoms with E-state index in [0.717, 1.165) is 37.6 Å². The second kappa shape index (κ2) is 8.41. The third-order valence-electron chi connectivity index (χ3n) is 5.18. The van der Waals surface area contributed by atoms with Crippen molar-refractivity contribution >= 4 is 17.5 Å². The molecule has 31 heavy (non-hydrogen) atoms. The summed E-state index contributed by atoms with van der Waals surface area (Å²) >= 11 is 0. The molecule has 1 aliphatic rings. The molecule has 1 aliphatic heterocycles. The molecule has 9 heteroatoms. The van der Waals surface area contributed by atoms with Gasteiger partial charge in [0, 0.05) is 31.4 Å². The average Bonchev–Trinajstić information content (AvgIpc) is 3.44. The van der Waals surface area contributed by atoms with Crippen molar-refractivity contribution in [2.24, 2.45) is 0 Å². The standard InChI is InChI=1S/C22H22N8O/c31-22(24-18-6-8-19(9-7-18)30-11-10-23-27-30)25-21-14-20-16-28(12-13-29(20)26-21)15-17-4-2-1-3-5-17/h1-11,14H,12-13,15-16H2,(H2,24,25,26,31). The molecule has 0 spiro atoms. The number of amides is 2. The van der Waals surface area contributed by atoms with E-state index in [1.807, 2.05) is 41.1 Å². The summed E-state index contributed by atoms with van der Waals surface area (Å²) in [6.45, 7) is 3.43. The van der Waals surface area contributed by atoms with Crippen molar-refractivity contribution in [3.05, 3.63) is 84.3 Å². The lowest BCUT2D eigenvalue weighted by molar-refractivity contribution is 0.205. The molecule has 4 aromatic rings. The first-order valence-corrected chi connectivity index (χ1v) is 10.1. The molecule has 0 saturated heterocycles. The van der Waals surface area contributed by atoms with Gasteiger partial charge in [-0.05, 0) is 29.8 Å². The highest BCUT2D eigenvalue weighted by Crippen LogP contribution is 2.19. The molecule has 2 aromatic heterocycles. The number of fused-ring (bicyclic) bond motifs is 1. The van der Waals surface area contributed by atoms with Gasteiger partial charge in [0.25, 0.3) is 0 Å². The fourth-order valence-electron chi connectivity index (χ4n) is 3.68. The van der Waals surface area contributed by atoms with E-state index in [0.29, 0.717) is 11.5 Å². The van der Waals surface area contributed by atoms with E-state index < -0.39 is 0 Å². The van der Waals surface area contributed by atoms with Crippen LogP contribution >= 0.6 is 0 Å². The predicted octanol–water partition coefficient (Wildman–Crippen LogP) is 3.12. The molecule has 2 aromatic carbocycles. The van der Waals surface area contributed by atoms with E-state index in [1.165, 1.54) is 5.56 Å². The average molecular weight is 414 g/mol. The van der Waals surface area contributed by atoms with Gasteiger partial charge in [-0.3, -0.25) is 14.9 Å². The van der Waals surface area contributed by atoms with Gasteiger partial charge in [0.1, 0.15) is 0 Å². The molecular formula is C22H22N8O. The molecular weight excluding hydrogens is 392 g/mol. The lowest BCUT2D eigenvalue weighted by Crippen LogP contribution is -2.33. The van der Waals surface area contributed by atoms with Gasteiger partial charge in [-0.1, -0.05) is 35.5 Å². The van der Waals surface area contributed by atoms with E-state index in [9.17, 15) is 4.79 Å². The molecule has 9 nitrogen and oxygen atoms in total. The van der Waals surface area contributed by atoms with E-state index in [2.05, 4.69) is 55.2 Å². The van der Waals surface area contributed by atoms with Crippen LogP contribution in [0.1, 0.15) is 11.3 Å². The van der Waals surface area contributed by atoms with Crippen LogP contribution in [0.15, 0.2) is 73.1 Å². The number of hydrogen-bond acceptors (Lipinski definition) is 5. The van der Waals surface area contributed by atoms with Gasteiger partial charge >= 0.3 is 6.03 Å². The summed E-state index contributed by atoms with van der Waals surface area (Å²) < 4.78 is 3.62. The Bertz CT molecular complexity index is 1150. The van der Waals surface area contributed by atoms with Crippen LogP contribution in [-0.4, -0.2) is 42.3 Å². The van der Waals surface area contributed by atoms with Crippen LogP contribution < -0.4 is 10.6 Å². The zero-order valence-electron chi connectivity index (χ0n) is 16.8. The molecule has 156 valence electrons. The molecule has 2 N–H and O–H groups in total. The van der Waals surface area contributed by atoms with Crippen molar-refractivity contribution < 1.29 is 4.79 Å². The fraction of sp³-hybridized carbons (Fsp3) is 0.182.